The second-order valence-corrected chi connectivity index (χ2v) is 4.09. The molecule has 1 aliphatic heterocycles. The number of nitrogens with one attached hydrogen (secondary N) is 1. The first-order chi connectivity index (χ1) is 8.06. The summed E-state index contributed by atoms with van der Waals surface area (Å²) in [5.41, 5.74) is 1.34. The molecule has 0 aliphatic carbocycles. The van der Waals surface area contributed by atoms with Crippen LogP contribution in [-0.2, 0) is 9.59 Å². The second-order valence-electron chi connectivity index (χ2n) is 4.09. The van der Waals surface area contributed by atoms with Crippen molar-refractivity contribution in [2.45, 2.75) is 19.4 Å². The fourth-order valence-electron chi connectivity index (χ4n) is 1.89. The predicted octanol–water partition coefficient (Wildman–Crippen LogP) is 0.743. The van der Waals surface area contributed by atoms with Crippen LogP contribution in [0.15, 0.2) is 24.3 Å². The lowest BCUT2D eigenvalue weighted by atomic mass is 10.2. The van der Waals surface area contributed by atoms with Crippen LogP contribution in [0.5, 0.6) is 0 Å². The fraction of sp³-hybridized carbons (Fsp3) is 0.333. The Balaban J connectivity index is 2.21. The summed E-state index contributed by atoms with van der Waals surface area (Å²) in [7, 11) is 0. The van der Waals surface area contributed by atoms with Gasteiger partial charge in [0, 0.05) is 18.3 Å². The molecule has 0 spiro atoms. The van der Waals surface area contributed by atoms with Crippen molar-refractivity contribution in [1.29, 1.82) is 0 Å². The Morgan fingerprint density at radius 1 is 1.53 bits per heavy atom. The number of hydrogen-bond acceptors (Lipinski definition) is 3. The van der Waals surface area contributed by atoms with Crippen molar-refractivity contribution in [2.75, 3.05) is 16.8 Å². The van der Waals surface area contributed by atoms with Crippen molar-refractivity contribution in [2.24, 2.45) is 0 Å². The van der Waals surface area contributed by atoms with Crippen LogP contribution in [0.2, 0.25) is 0 Å². The van der Waals surface area contributed by atoms with Gasteiger partial charge in [0.2, 0.25) is 11.8 Å². The highest BCUT2D eigenvalue weighted by Gasteiger charge is 2.28. The van der Waals surface area contributed by atoms with E-state index in [0.717, 1.165) is 0 Å². The molecular formula is C12H14N2O3. The molecule has 0 radical (unpaired) electrons. The van der Waals surface area contributed by atoms with Crippen molar-refractivity contribution < 1.29 is 14.7 Å². The minimum atomic E-state index is -0.605. The van der Waals surface area contributed by atoms with Gasteiger partial charge >= 0.3 is 0 Å². The molecule has 1 fully saturated rings. The maximum absolute atomic E-state index is 11.6. The number of carbonyl (C=O) groups excluding carboxylic acids is 2. The molecule has 2 rings (SSSR count). The number of carbonyl (C=O) groups is 2. The van der Waals surface area contributed by atoms with Crippen molar-refractivity contribution in [3.63, 3.8) is 0 Å². The summed E-state index contributed by atoms with van der Waals surface area (Å²) < 4.78 is 0. The van der Waals surface area contributed by atoms with Crippen LogP contribution in [0, 0.1) is 0 Å². The highest BCUT2D eigenvalue weighted by molar-refractivity contribution is 5.97. The number of rotatable bonds is 2. The number of β-amino-alcohol motifs (C(OH)–C–C–N with tert-alkyl or cyclic N) is 1. The molecule has 0 saturated carbocycles. The summed E-state index contributed by atoms with van der Waals surface area (Å²) in [6.07, 6.45) is -0.448. The van der Waals surface area contributed by atoms with Crippen LogP contribution in [0.25, 0.3) is 0 Å². The standard InChI is InChI=1S/C12H14N2O3/c1-8(15)13-9-3-2-4-10(5-9)14-7-11(16)6-12(14)17/h2-5,11,16H,6-7H2,1H3,(H,13,15). The van der Waals surface area contributed by atoms with Crippen molar-refractivity contribution in [1.82, 2.24) is 0 Å². The van der Waals surface area contributed by atoms with E-state index in [1.54, 1.807) is 24.3 Å². The Morgan fingerprint density at radius 2 is 2.29 bits per heavy atom. The Kier molecular flexibility index (Phi) is 3.10. The molecular weight excluding hydrogens is 220 g/mol. The zero-order valence-electron chi connectivity index (χ0n) is 9.51. The van der Waals surface area contributed by atoms with Gasteiger partial charge in [-0.05, 0) is 18.2 Å². The summed E-state index contributed by atoms with van der Waals surface area (Å²) in [5, 5.41) is 12.1. The third-order valence-electron chi connectivity index (χ3n) is 2.58. The quantitative estimate of drug-likeness (QED) is 0.793. The number of amides is 2. The number of nitrogens with zero attached hydrogens (tertiary/aromatic N) is 1. The lowest BCUT2D eigenvalue weighted by Gasteiger charge is -2.16. The molecule has 2 amide bonds. The molecule has 1 unspecified atom stereocenters. The molecule has 1 heterocycles. The average Bonchev–Trinajstić information content (AvgIpc) is 2.57. The minimum absolute atomic E-state index is 0.0996. The van der Waals surface area contributed by atoms with E-state index in [0.29, 0.717) is 17.9 Å². The molecule has 5 nitrogen and oxygen atoms in total. The largest absolute Gasteiger partial charge is 0.391 e. The highest BCUT2D eigenvalue weighted by atomic mass is 16.3. The van der Waals surface area contributed by atoms with E-state index in [1.165, 1.54) is 11.8 Å². The third-order valence-corrected chi connectivity index (χ3v) is 2.58. The fourth-order valence-corrected chi connectivity index (χ4v) is 1.89. The van der Waals surface area contributed by atoms with Gasteiger partial charge < -0.3 is 15.3 Å². The Hall–Kier alpha value is -1.88. The minimum Gasteiger partial charge on any atom is -0.391 e. The van der Waals surface area contributed by atoms with Crippen LogP contribution in [0.4, 0.5) is 11.4 Å². The Bertz CT molecular complexity index is 459. The first-order valence-electron chi connectivity index (χ1n) is 5.42. The monoisotopic (exact) mass is 234 g/mol. The Morgan fingerprint density at radius 3 is 2.88 bits per heavy atom. The molecule has 0 bridgehead atoms. The number of hydrogen-bond donors (Lipinski definition) is 2. The van der Waals surface area contributed by atoms with Gasteiger partial charge in [-0.3, -0.25) is 9.59 Å². The maximum Gasteiger partial charge on any atom is 0.229 e. The second kappa shape index (κ2) is 4.55. The van der Waals surface area contributed by atoms with Crippen molar-refractivity contribution in [3.05, 3.63) is 24.3 Å². The van der Waals surface area contributed by atoms with Crippen molar-refractivity contribution in [3.8, 4) is 0 Å². The van der Waals surface area contributed by atoms with Gasteiger partial charge in [0.25, 0.3) is 0 Å². The smallest absolute Gasteiger partial charge is 0.229 e. The molecule has 90 valence electrons. The van der Waals surface area contributed by atoms with E-state index in [4.69, 9.17) is 0 Å². The molecule has 5 heteroatoms. The number of aliphatic hydroxyl groups excluding tert-OH is 1. The first kappa shape index (κ1) is 11.6. The van der Waals surface area contributed by atoms with E-state index in [9.17, 15) is 14.7 Å². The molecule has 1 aromatic carbocycles. The van der Waals surface area contributed by atoms with Gasteiger partial charge in [0.05, 0.1) is 19.1 Å². The van der Waals surface area contributed by atoms with Crippen LogP contribution in [0.3, 0.4) is 0 Å². The summed E-state index contributed by atoms with van der Waals surface area (Å²) in [6, 6.07) is 7.01. The summed E-state index contributed by atoms with van der Waals surface area (Å²) >= 11 is 0. The molecule has 17 heavy (non-hydrogen) atoms. The SMILES string of the molecule is CC(=O)Nc1cccc(N2CC(O)CC2=O)c1. The van der Waals surface area contributed by atoms with Gasteiger partial charge in [-0.25, -0.2) is 0 Å². The zero-order valence-corrected chi connectivity index (χ0v) is 9.51. The zero-order chi connectivity index (χ0) is 12.4. The first-order valence-corrected chi connectivity index (χ1v) is 5.42. The summed E-state index contributed by atoms with van der Waals surface area (Å²) in [6.45, 7) is 1.74. The highest BCUT2D eigenvalue weighted by Crippen LogP contribution is 2.24. The molecule has 1 aliphatic rings. The average molecular weight is 234 g/mol. The molecule has 2 N–H and O–H groups in total. The van der Waals surface area contributed by atoms with Gasteiger partial charge in [-0.15, -0.1) is 0 Å². The maximum atomic E-state index is 11.6. The normalized spacial score (nSPS) is 19.5. The van der Waals surface area contributed by atoms with Crippen LogP contribution < -0.4 is 10.2 Å². The van der Waals surface area contributed by atoms with Crippen LogP contribution >= 0.6 is 0 Å². The number of aliphatic hydroxyl groups is 1. The molecule has 0 aromatic heterocycles. The molecule has 1 saturated heterocycles. The van der Waals surface area contributed by atoms with E-state index in [1.807, 2.05) is 0 Å². The summed E-state index contributed by atoms with van der Waals surface area (Å²) in [5.74, 6) is -0.257. The number of benzene rings is 1. The number of anilines is 2. The van der Waals surface area contributed by atoms with Gasteiger partial charge in [-0.1, -0.05) is 6.07 Å². The lowest BCUT2D eigenvalue weighted by Crippen LogP contribution is -2.25. The summed E-state index contributed by atoms with van der Waals surface area (Å²) in [4.78, 5) is 24.1. The van der Waals surface area contributed by atoms with E-state index >= 15 is 0 Å². The van der Waals surface area contributed by atoms with Crippen LogP contribution in [-0.4, -0.2) is 29.6 Å². The van der Waals surface area contributed by atoms with Gasteiger partial charge in [-0.2, -0.15) is 0 Å². The van der Waals surface area contributed by atoms with E-state index < -0.39 is 6.10 Å². The van der Waals surface area contributed by atoms with Gasteiger partial charge in [0.15, 0.2) is 0 Å². The topological polar surface area (TPSA) is 69.6 Å². The Labute approximate surface area is 99.0 Å². The van der Waals surface area contributed by atoms with Crippen LogP contribution in [0.1, 0.15) is 13.3 Å². The lowest BCUT2D eigenvalue weighted by molar-refractivity contribution is -0.117. The van der Waals surface area contributed by atoms with E-state index in [-0.39, 0.29) is 18.2 Å². The molecule has 1 atom stereocenters. The van der Waals surface area contributed by atoms with E-state index in [2.05, 4.69) is 5.32 Å². The van der Waals surface area contributed by atoms with Crippen molar-refractivity contribution >= 4 is 23.2 Å². The molecule has 1 aromatic rings. The predicted molar refractivity (Wildman–Crippen MR) is 63.7 cm³/mol. The third kappa shape index (κ3) is 2.62. The van der Waals surface area contributed by atoms with Gasteiger partial charge in [0.1, 0.15) is 0 Å².